The molecule has 0 aliphatic heterocycles. The van der Waals surface area contributed by atoms with Crippen molar-refractivity contribution in [2.24, 2.45) is 0 Å². The first kappa shape index (κ1) is 14.5. The Morgan fingerprint density at radius 1 is 1.45 bits per heavy atom. The van der Waals surface area contributed by atoms with Gasteiger partial charge in [-0.3, -0.25) is 10.1 Å². The van der Waals surface area contributed by atoms with Gasteiger partial charge in [-0.2, -0.15) is 0 Å². The highest BCUT2D eigenvalue weighted by Gasteiger charge is 2.14. The Kier molecular flexibility index (Phi) is 4.34. The standard InChI is InChI=1S/C14H17N3O2S/c1-9(2)14-16-11(8-20-14)7-15-12-5-4-10(3)6-13(12)17(18)19/h4-6,8-9,15H,7H2,1-3H3. The largest absolute Gasteiger partial charge is 0.374 e. The number of aromatic nitrogens is 1. The van der Waals surface area contributed by atoms with Crippen LogP contribution in [0.4, 0.5) is 11.4 Å². The van der Waals surface area contributed by atoms with Crippen LogP contribution < -0.4 is 5.32 Å². The first-order valence-corrected chi connectivity index (χ1v) is 7.28. The fraction of sp³-hybridized carbons (Fsp3) is 0.357. The molecule has 0 bridgehead atoms. The van der Waals surface area contributed by atoms with Crippen LogP contribution in [0.25, 0.3) is 0 Å². The molecule has 20 heavy (non-hydrogen) atoms. The predicted molar refractivity (Wildman–Crippen MR) is 81.4 cm³/mol. The van der Waals surface area contributed by atoms with Crippen molar-refractivity contribution < 1.29 is 4.92 Å². The van der Waals surface area contributed by atoms with Crippen molar-refractivity contribution in [2.45, 2.75) is 33.2 Å². The third-order valence-electron chi connectivity index (χ3n) is 2.87. The number of aryl methyl sites for hydroxylation is 1. The summed E-state index contributed by atoms with van der Waals surface area (Å²) in [4.78, 5) is 15.2. The van der Waals surface area contributed by atoms with E-state index in [4.69, 9.17) is 0 Å². The van der Waals surface area contributed by atoms with Gasteiger partial charge in [0.2, 0.25) is 0 Å². The van der Waals surface area contributed by atoms with Gasteiger partial charge in [0.15, 0.2) is 0 Å². The van der Waals surface area contributed by atoms with E-state index < -0.39 is 0 Å². The van der Waals surface area contributed by atoms with Crippen LogP contribution in [0.1, 0.15) is 36.0 Å². The number of thiazole rings is 1. The SMILES string of the molecule is Cc1ccc(NCc2csc(C(C)C)n2)c([N+](=O)[O-])c1. The van der Waals surface area contributed by atoms with E-state index in [0.717, 1.165) is 16.3 Å². The summed E-state index contributed by atoms with van der Waals surface area (Å²) in [5.41, 5.74) is 2.41. The molecule has 5 nitrogen and oxygen atoms in total. The molecular formula is C14H17N3O2S. The first-order chi connectivity index (χ1) is 9.47. The number of nitrogens with zero attached hydrogens (tertiary/aromatic N) is 2. The molecule has 0 fully saturated rings. The molecule has 0 spiro atoms. The van der Waals surface area contributed by atoms with Crippen molar-refractivity contribution in [3.05, 3.63) is 50.0 Å². The minimum atomic E-state index is -0.365. The topological polar surface area (TPSA) is 68.1 Å². The van der Waals surface area contributed by atoms with Gasteiger partial charge < -0.3 is 5.32 Å². The second-order valence-electron chi connectivity index (χ2n) is 4.96. The van der Waals surface area contributed by atoms with Crippen LogP contribution in [0.2, 0.25) is 0 Å². The Bertz CT molecular complexity index is 623. The van der Waals surface area contributed by atoms with Crippen LogP contribution in [0, 0.1) is 17.0 Å². The maximum Gasteiger partial charge on any atom is 0.292 e. The Balaban J connectivity index is 2.12. The third kappa shape index (κ3) is 3.33. The van der Waals surface area contributed by atoms with E-state index in [1.807, 2.05) is 18.4 Å². The van der Waals surface area contributed by atoms with Gasteiger partial charge in [0, 0.05) is 17.4 Å². The van der Waals surface area contributed by atoms with Crippen LogP contribution in [0.15, 0.2) is 23.6 Å². The van der Waals surface area contributed by atoms with Crippen LogP contribution in [0.3, 0.4) is 0 Å². The molecule has 0 aliphatic rings. The number of rotatable bonds is 5. The number of nitro groups is 1. The average molecular weight is 291 g/mol. The van der Waals surface area contributed by atoms with Crippen molar-refractivity contribution in [1.82, 2.24) is 4.98 Å². The molecule has 106 valence electrons. The molecule has 1 aromatic heterocycles. The maximum absolute atomic E-state index is 11.0. The lowest BCUT2D eigenvalue weighted by Crippen LogP contribution is -2.03. The summed E-state index contributed by atoms with van der Waals surface area (Å²) in [5.74, 6) is 0.405. The molecule has 1 heterocycles. The molecule has 0 radical (unpaired) electrons. The van der Waals surface area contributed by atoms with E-state index >= 15 is 0 Å². The van der Waals surface area contributed by atoms with E-state index in [2.05, 4.69) is 24.1 Å². The summed E-state index contributed by atoms with van der Waals surface area (Å²) >= 11 is 1.62. The highest BCUT2D eigenvalue weighted by molar-refractivity contribution is 7.09. The molecule has 1 aromatic carbocycles. The van der Waals surface area contributed by atoms with E-state index in [0.29, 0.717) is 18.2 Å². The molecule has 6 heteroatoms. The van der Waals surface area contributed by atoms with Gasteiger partial charge in [-0.1, -0.05) is 19.9 Å². The molecule has 0 saturated carbocycles. The third-order valence-corrected chi connectivity index (χ3v) is 4.07. The van der Waals surface area contributed by atoms with Crippen molar-refractivity contribution in [1.29, 1.82) is 0 Å². The van der Waals surface area contributed by atoms with E-state index in [9.17, 15) is 10.1 Å². The van der Waals surface area contributed by atoms with Gasteiger partial charge in [-0.15, -0.1) is 11.3 Å². The Morgan fingerprint density at radius 3 is 2.80 bits per heavy atom. The van der Waals surface area contributed by atoms with Crippen LogP contribution in [-0.4, -0.2) is 9.91 Å². The number of nitrogens with one attached hydrogen (secondary N) is 1. The summed E-state index contributed by atoms with van der Waals surface area (Å²) in [6, 6.07) is 5.17. The van der Waals surface area contributed by atoms with Crippen LogP contribution in [-0.2, 0) is 6.54 Å². The fourth-order valence-corrected chi connectivity index (χ4v) is 2.63. The molecule has 2 aromatic rings. The number of hydrogen-bond acceptors (Lipinski definition) is 5. The highest BCUT2D eigenvalue weighted by Crippen LogP contribution is 2.26. The Hall–Kier alpha value is -1.95. The lowest BCUT2D eigenvalue weighted by molar-refractivity contribution is -0.384. The summed E-state index contributed by atoms with van der Waals surface area (Å²) in [7, 11) is 0. The van der Waals surface area contributed by atoms with Crippen molar-refractivity contribution in [2.75, 3.05) is 5.32 Å². The normalized spacial score (nSPS) is 10.8. The lowest BCUT2D eigenvalue weighted by Gasteiger charge is -2.06. The van der Waals surface area contributed by atoms with E-state index in [-0.39, 0.29) is 10.6 Å². The van der Waals surface area contributed by atoms with Crippen molar-refractivity contribution in [3.63, 3.8) is 0 Å². The zero-order chi connectivity index (χ0) is 14.7. The molecule has 2 rings (SSSR count). The fourth-order valence-electron chi connectivity index (χ4n) is 1.80. The quantitative estimate of drug-likeness (QED) is 0.665. The molecular weight excluding hydrogens is 274 g/mol. The van der Waals surface area contributed by atoms with Crippen molar-refractivity contribution >= 4 is 22.7 Å². The number of anilines is 1. The summed E-state index contributed by atoms with van der Waals surface area (Å²) < 4.78 is 0. The Morgan fingerprint density at radius 2 is 2.20 bits per heavy atom. The van der Waals surface area contributed by atoms with E-state index in [1.54, 1.807) is 23.5 Å². The molecule has 0 atom stereocenters. The zero-order valence-electron chi connectivity index (χ0n) is 11.7. The maximum atomic E-state index is 11.0. The molecule has 0 amide bonds. The monoisotopic (exact) mass is 291 g/mol. The smallest absolute Gasteiger partial charge is 0.292 e. The van der Waals surface area contributed by atoms with Gasteiger partial charge in [0.05, 0.1) is 22.2 Å². The first-order valence-electron chi connectivity index (χ1n) is 6.40. The van der Waals surface area contributed by atoms with Gasteiger partial charge in [-0.05, 0) is 18.6 Å². The second-order valence-corrected chi connectivity index (χ2v) is 5.85. The van der Waals surface area contributed by atoms with Crippen LogP contribution >= 0.6 is 11.3 Å². The molecule has 1 N–H and O–H groups in total. The van der Waals surface area contributed by atoms with E-state index in [1.165, 1.54) is 0 Å². The lowest BCUT2D eigenvalue weighted by atomic mass is 10.2. The summed E-state index contributed by atoms with van der Waals surface area (Å²) in [6.07, 6.45) is 0. The summed E-state index contributed by atoms with van der Waals surface area (Å²) in [5, 5.41) is 17.2. The van der Waals surface area contributed by atoms with Gasteiger partial charge in [0.25, 0.3) is 5.69 Å². The van der Waals surface area contributed by atoms with Gasteiger partial charge >= 0.3 is 0 Å². The average Bonchev–Trinajstić information content (AvgIpc) is 2.86. The Labute approximate surface area is 121 Å². The van der Waals surface area contributed by atoms with Crippen molar-refractivity contribution in [3.8, 4) is 0 Å². The number of benzene rings is 1. The molecule has 0 unspecified atom stereocenters. The molecule has 0 saturated heterocycles. The van der Waals surface area contributed by atoms with Gasteiger partial charge in [-0.25, -0.2) is 4.98 Å². The highest BCUT2D eigenvalue weighted by atomic mass is 32.1. The predicted octanol–water partition coefficient (Wildman–Crippen LogP) is 4.10. The van der Waals surface area contributed by atoms with Crippen LogP contribution in [0.5, 0.6) is 0 Å². The minimum absolute atomic E-state index is 0.101. The van der Waals surface area contributed by atoms with Gasteiger partial charge in [0.1, 0.15) is 5.69 Å². The number of hydrogen-bond donors (Lipinski definition) is 1. The minimum Gasteiger partial charge on any atom is -0.374 e. The number of nitro benzene ring substituents is 1. The zero-order valence-corrected chi connectivity index (χ0v) is 12.5. The second kappa shape index (κ2) is 6.00. The summed E-state index contributed by atoms with van der Waals surface area (Å²) in [6.45, 7) is 6.53. The molecule has 0 aliphatic carbocycles.